The Morgan fingerprint density at radius 1 is 0.706 bits per heavy atom. The summed E-state index contributed by atoms with van der Waals surface area (Å²) in [5, 5.41) is 8.56. The standard InChI is InChI=1S/C39H41N3O9/c1-39(2,3)51-38(46)42-29-11-9-8-10-28(29)41-37(45)23-14-12-22(13-15-23)36(44)40-27-18-16-24-20-32(48-5)34(49-6)35(50-7)33(24)25-17-19-31(47-4)30(43)21-26(25)27/h8-15,17,19-21,27H,16,18H2,1-7H3,(H,40,44)(H,41,45)(H,42,46)/t27-/m0/s1. The minimum absolute atomic E-state index is 0.145. The Morgan fingerprint density at radius 3 is 1.90 bits per heavy atom. The van der Waals surface area contributed by atoms with Crippen LogP contribution in [0.15, 0.2) is 77.6 Å². The van der Waals surface area contributed by atoms with Crippen molar-refractivity contribution >= 4 is 29.3 Å². The van der Waals surface area contributed by atoms with E-state index in [9.17, 15) is 19.2 Å². The van der Waals surface area contributed by atoms with Gasteiger partial charge in [0.15, 0.2) is 17.2 Å². The Labute approximate surface area is 296 Å². The number of nitrogens with one attached hydrogen (secondary N) is 3. The number of ether oxygens (including phenoxy) is 5. The number of methoxy groups -OCH3 is 4. The molecule has 51 heavy (non-hydrogen) atoms. The molecule has 0 aliphatic heterocycles. The second-order valence-electron chi connectivity index (χ2n) is 12.7. The fourth-order valence-electron chi connectivity index (χ4n) is 5.94. The average Bonchev–Trinajstić information content (AvgIpc) is 3.35. The van der Waals surface area contributed by atoms with Crippen molar-refractivity contribution in [2.45, 2.75) is 45.3 Å². The maximum absolute atomic E-state index is 13.7. The van der Waals surface area contributed by atoms with Crippen molar-refractivity contribution in [3.05, 3.63) is 105 Å². The number of hydrogen-bond acceptors (Lipinski definition) is 9. The number of carbonyl (C=O) groups is 3. The summed E-state index contributed by atoms with van der Waals surface area (Å²) in [6.45, 7) is 5.27. The molecule has 0 heterocycles. The molecule has 12 heteroatoms. The minimum Gasteiger partial charge on any atom is -0.493 e. The first kappa shape index (κ1) is 36.2. The van der Waals surface area contributed by atoms with Crippen LogP contribution in [0.3, 0.4) is 0 Å². The zero-order valence-electron chi connectivity index (χ0n) is 29.6. The van der Waals surface area contributed by atoms with Gasteiger partial charge in [-0.15, -0.1) is 0 Å². The summed E-state index contributed by atoms with van der Waals surface area (Å²) >= 11 is 0. The van der Waals surface area contributed by atoms with E-state index in [2.05, 4.69) is 16.0 Å². The zero-order valence-corrected chi connectivity index (χ0v) is 29.6. The number of hydrogen-bond donors (Lipinski definition) is 3. The third kappa shape index (κ3) is 8.07. The Bertz CT molecular complexity index is 2020. The summed E-state index contributed by atoms with van der Waals surface area (Å²) in [6, 6.07) is 19.1. The van der Waals surface area contributed by atoms with Crippen LogP contribution in [0.1, 0.15) is 65.1 Å². The normalized spacial score (nSPS) is 13.4. The van der Waals surface area contributed by atoms with E-state index in [1.165, 1.54) is 39.5 Å². The van der Waals surface area contributed by atoms with Gasteiger partial charge in [0.25, 0.3) is 11.8 Å². The molecule has 4 aromatic rings. The van der Waals surface area contributed by atoms with E-state index in [1.807, 2.05) is 6.07 Å². The van der Waals surface area contributed by atoms with Gasteiger partial charge in [0, 0.05) is 16.7 Å². The van der Waals surface area contributed by atoms with Gasteiger partial charge in [-0.2, -0.15) is 0 Å². The van der Waals surface area contributed by atoms with Crippen LogP contribution in [0.5, 0.6) is 23.0 Å². The quantitative estimate of drug-likeness (QED) is 0.173. The summed E-state index contributed by atoms with van der Waals surface area (Å²) in [7, 11) is 6.03. The molecule has 4 aromatic carbocycles. The number of rotatable bonds is 9. The van der Waals surface area contributed by atoms with Crippen LogP contribution >= 0.6 is 0 Å². The average molecular weight is 696 g/mol. The Morgan fingerprint density at radius 2 is 1.31 bits per heavy atom. The number of benzene rings is 3. The molecule has 0 saturated heterocycles. The Balaban J connectivity index is 1.40. The molecule has 0 fully saturated rings. The lowest BCUT2D eigenvalue weighted by Gasteiger charge is -2.20. The first-order valence-corrected chi connectivity index (χ1v) is 16.2. The lowest BCUT2D eigenvalue weighted by Crippen LogP contribution is -2.29. The number of amides is 3. The van der Waals surface area contributed by atoms with Crippen LogP contribution < -0.4 is 40.3 Å². The van der Waals surface area contributed by atoms with Crippen molar-refractivity contribution in [3.63, 3.8) is 0 Å². The molecule has 0 radical (unpaired) electrons. The van der Waals surface area contributed by atoms with Crippen molar-refractivity contribution in [3.8, 4) is 34.1 Å². The predicted molar refractivity (Wildman–Crippen MR) is 194 cm³/mol. The molecule has 3 amide bonds. The number of fused-ring (bicyclic) bond motifs is 3. The van der Waals surface area contributed by atoms with Crippen LogP contribution in [0.2, 0.25) is 0 Å². The van der Waals surface area contributed by atoms with Gasteiger partial charge >= 0.3 is 6.09 Å². The van der Waals surface area contributed by atoms with Gasteiger partial charge in [0.05, 0.1) is 45.9 Å². The van der Waals surface area contributed by atoms with Crippen molar-refractivity contribution in [1.29, 1.82) is 0 Å². The monoisotopic (exact) mass is 695 g/mol. The van der Waals surface area contributed by atoms with E-state index in [4.69, 9.17) is 23.7 Å². The third-order valence-electron chi connectivity index (χ3n) is 8.25. The SMILES string of the molecule is COc1cc2c(c(OC)c1OC)-c1ccc(OC)c(=O)cc1[C@@H](NC(=O)c1ccc(C(=O)Nc3ccccc3NC(=O)OC(C)(C)C)cc1)CC2. The summed E-state index contributed by atoms with van der Waals surface area (Å²) in [5.41, 5.74) is 3.15. The van der Waals surface area contributed by atoms with Gasteiger partial charge < -0.3 is 34.3 Å². The van der Waals surface area contributed by atoms with E-state index in [0.717, 1.165) is 11.1 Å². The molecule has 1 aliphatic carbocycles. The topological polar surface area (TPSA) is 151 Å². The van der Waals surface area contributed by atoms with Crippen molar-refractivity contribution in [1.82, 2.24) is 5.32 Å². The smallest absolute Gasteiger partial charge is 0.412 e. The van der Waals surface area contributed by atoms with Crippen LogP contribution in [0.25, 0.3) is 11.1 Å². The van der Waals surface area contributed by atoms with Gasteiger partial charge in [-0.3, -0.25) is 19.7 Å². The number of carbonyl (C=O) groups excluding carboxylic acids is 3. The highest BCUT2D eigenvalue weighted by Crippen LogP contribution is 2.50. The zero-order chi connectivity index (χ0) is 36.9. The molecule has 0 bridgehead atoms. The van der Waals surface area contributed by atoms with Gasteiger partial charge in [-0.1, -0.05) is 18.2 Å². The molecular formula is C39H41N3O9. The number of aryl methyl sites for hydroxylation is 1. The van der Waals surface area contributed by atoms with Gasteiger partial charge in [0.2, 0.25) is 11.2 Å². The number of anilines is 2. The van der Waals surface area contributed by atoms with Crippen LogP contribution in [0.4, 0.5) is 16.2 Å². The van der Waals surface area contributed by atoms with Crippen LogP contribution in [-0.2, 0) is 11.2 Å². The summed E-state index contributed by atoms with van der Waals surface area (Å²) < 4.78 is 27.8. The highest BCUT2D eigenvalue weighted by atomic mass is 16.6. The van der Waals surface area contributed by atoms with Gasteiger partial charge in [-0.25, -0.2) is 4.79 Å². The van der Waals surface area contributed by atoms with Crippen LogP contribution in [0, 0.1) is 0 Å². The van der Waals surface area contributed by atoms with Gasteiger partial charge in [-0.05, 0) is 105 Å². The first-order valence-electron chi connectivity index (χ1n) is 16.2. The first-order chi connectivity index (χ1) is 24.4. The van der Waals surface area contributed by atoms with Gasteiger partial charge in [0.1, 0.15) is 5.60 Å². The van der Waals surface area contributed by atoms with E-state index in [0.29, 0.717) is 63.7 Å². The third-order valence-corrected chi connectivity index (χ3v) is 8.25. The largest absolute Gasteiger partial charge is 0.493 e. The molecule has 266 valence electrons. The minimum atomic E-state index is -0.693. The Hall–Kier alpha value is -6.04. The van der Waals surface area contributed by atoms with E-state index >= 15 is 0 Å². The maximum Gasteiger partial charge on any atom is 0.412 e. The fourth-order valence-corrected chi connectivity index (χ4v) is 5.94. The molecule has 3 N–H and O–H groups in total. The molecule has 0 spiro atoms. The van der Waals surface area contributed by atoms with Crippen molar-refractivity contribution < 1.29 is 38.1 Å². The Kier molecular flexibility index (Phi) is 10.8. The van der Waals surface area contributed by atoms with E-state index < -0.39 is 29.6 Å². The fraction of sp³-hybridized carbons (Fsp3) is 0.282. The second kappa shape index (κ2) is 15.2. The summed E-state index contributed by atoms with van der Waals surface area (Å²) in [4.78, 5) is 52.5. The summed E-state index contributed by atoms with van der Waals surface area (Å²) in [6.07, 6.45) is 0.315. The molecule has 1 atom stereocenters. The van der Waals surface area contributed by atoms with E-state index in [1.54, 1.807) is 76.4 Å². The lowest BCUT2D eigenvalue weighted by molar-refractivity contribution is 0.0635. The van der Waals surface area contributed by atoms with Crippen molar-refractivity contribution in [2.24, 2.45) is 0 Å². The highest BCUT2D eigenvalue weighted by Gasteiger charge is 2.30. The van der Waals surface area contributed by atoms with Crippen molar-refractivity contribution in [2.75, 3.05) is 39.1 Å². The second-order valence-corrected chi connectivity index (χ2v) is 12.7. The molecule has 0 aromatic heterocycles. The molecule has 12 nitrogen and oxygen atoms in total. The molecule has 0 saturated carbocycles. The summed E-state index contributed by atoms with van der Waals surface area (Å²) in [5.74, 6) is 0.635. The highest BCUT2D eigenvalue weighted by molar-refractivity contribution is 6.07. The molecule has 0 unspecified atom stereocenters. The predicted octanol–water partition coefficient (Wildman–Crippen LogP) is 6.76. The van der Waals surface area contributed by atoms with Crippen LogP contribution in [-0.4, -0.2) is 51.9 Å². The molecular weight excluding hydrogens is 654 g/mol. The molecule has 5 rings (SSSR count). The van der Waals surface area contributed by atoms with E-state index in [-0.39, 0.29) is 11.2 Å². The molecule has 1 aliphatic rings. The maximum atomic E-state index is 13.7. The number of para-hydroxylation sites is 2. The lowest BCUT2D eigenvalue weighted by atomic mass is 9.95.